The van der Waals surface area contributed by atoms with Crippen molar-refractivity contribution < 1.29 is 9.53 Å². The number of hydrogen-bond donors (Lipinski definition) is 2. The topological polar surface area (TPSA) is 86.4 Å². The molecule has 1 aliphatic rings. The Bertz CT molecular complexity index is 1300. The molecule has 2 N–H and O–H groups in total. The number of amides is 1. The van der Waals surface area contributed by atoms with Crippen LogP contribution in [0.2, 0.25) is 0 Å². The number of carbonyl (C=O) groups is 1. The predicted octanol–water partition coefficient (Wildman–Crippen LogP) is 4.41. The lowest BCUT2D eigenvalue weighted by Gasteiger charge is -2.32. The minimum absolute atomic E-state index is 0.0496. The highest BCUT2D eigenvalue weighted by atomic mass is 16.5. The van der Waals surface area contributed by atoms with E-state index in [1.165, 1.54) is 12.5 Å². The van der Waals surface area contributed by atoms with Gasteiger partial charge in [0.05, 0.1) is 18.1 Å². The zero-order valence-electron chi connectivity index (χ0n) is 21.3. The molecule has 1 saturated heterocycles. The monoisotopic (exact) mass is 498 g/mol. The predicted molar refractivity (Wildman–Crippen MR) is 146 cm³/mol. The number of benzene rings is 2. The van der Waals surface area contributed by atoms with E-state index in [-0.39, 0.29) is 12.0 Å². The molecule has 8 nitrogen and oxygen atoms in total. The molecular formula is C29H34N6O2. The third-order valence-corrected chi connectivity index (χ3v) is 6.79. The van der Waals surface area contributed by atoms with Crippen molar-refractivity contribution in [2.24, 2.45) is 0 Å². The quantitative estimate of drug-likeness (QED) is 0.337. The van der Waals surface area contributed by atoms with Crippen LogP contribution in [0.5, 0.6) is 0 Å². The van der Waals surface area contributed by atoms with Crippen LogP contribution in [0.15, 0.2) is 73.2 Å². The van der Waals surface area contributed by atoms with Crippen LogP contribution in [0.25, 0.3) is 11.0 Å². The molecule has 2 aromatic heterocycles. The highest BCUT2D eigenvalue weighted by Gasteiger charge is 2.20. The molecule has 5 rings (SSSR count). The second-order valence-corrected chi connectivity index (χ2v) is 9.51. The summed E-state index contributed by atoms with van der Waals surface area (Å²) in [5.41, 5.74) is 4.27. The number of ether oxygens (including phenoxy) is 1. The van der Waals surface area contributed by atoms with E-state index in [1.807, 2.05) is 12.3 Å². The largest absolute Gasteiger partial charge is 0.373 e. The molecule has 1 fully saturated rings. The fraction of sp³-hybridized carbons (Fsp3) is 0.345. The maximum absolute atomic E-state index is 11.5. The lowest BCUT2D eigenvalue weighted by Crippen LogP contribution is -2.36. The van der Waals surface area contributed by atoms with Crippen molar-refractivity contribution >= 4 is 28.4 Å². The number of aromatic amines is 1. The van der Waals surface area contributed by atoms with Crippen molar-refractivity contribution in [3.63, 3.8) is 0 Å². The number of carbonyl (C=O) groups excluding carboxylic acids is 1. The standard InChI is InChI=1S/C29H34N6O2/c1-22(36)30-14-17-35(29-27-10-13-31-28(27)32-21-33-29)25-9-5-8-24(18-25)20-37-26-11-15-34(16-12-26)19-23-6-3-2-4-7-23/h2-10,13,18,21,26H,11-12,14-17,19-20H2,1H3,(H,30,36)(H,31,32,33). The van der Waals surface area contributed by atoms with Gasteiger partial charge in [-0.2, -0.15) is 0 Å². The zero-order chi connectivity index (χ0) is 25.5. The molecule has 192 valence electrons. The molecule has 0 saturated carbocycles. The summed E-state index contributed by atoms with van der Waals surface area (Å²) in [4.78, 5) is 28.2. The Morgan fingerprint density at radius 1 is 1.08 bits per heavy atom. The molecule has 0 bridgehead atoms. The normalized spacial score (nSPS) is 14.6. The number of nitrogens with zero attached hydrogens (tertiary/aromatic N) is 4. The molecule has 37 heavy (non-hydrogen) atoms. The van der Waals surface area contributed by atoms with Gasteiger partial charge in [0, 0.05) is 51.5 Å². The number of aromatic nitrogens is 3. The summed E-state index contributed by atoms with van der Waals surface area (Å²) in [5.74, 6) is 0.756. The Labute approximate surface area is 217 Å². The van der Waals surface area contributed by atoms with E-state index in [0.29, 0.717) is 19.7 Å². The summed E-state index contributed by atoms with van der Waals surface area (Å²) in [6, 6.07) is 21.0. The van der Waals surface area contributed by atoms with Crippen LogP contribution < -0.4 is 10.2 Å². The van der Waals surface area contributed by atoms with Crippen molar-refractivity contribution in [3.05, 3.63) is 84.3 Å². The first kappa shape index (κ1) is 24.9. The lowest BCUT2D eigenvalue weighted by atomic mass is 10.1. The number of piperidine rings is 1. The number of nitrogens with one attached hydrogen (secondary N) is 2. The molecule has 1 amide bonds. The van der Waals surface area contributed by atoms with Gasteiger partial charge < -0.3 is 19.9 Å². The smallest absolute Gasteiger partial charge is 0.216 e. The Kier molecular flexibility index (Phi) is 8.08. The van der Waals surface area contributed by atoms with Gasteiger partial charge in [-0.25, -0.2) is 9.97 Å². The number of hydrogen-bond acceptors (Lipinski definition) is 6. The summed E-state index contributed by atoms with van der Waals surface area (Å²) < 4.78 is 6.35. The van der Waals surface area contributed by atoms with E-state index >= 15 is 0 Å². The average Bonchev–Trinajstić information content (AvgIpc) is 3.41. The summed E-state index contributed by atoms with van der Waals surface area (Å²) in [6.07, 6.45) is 5.79. The third-order valence-electron chi connectivity index (χ3n) is 6.79. The van der Waals surface area contributed by atoms with Crippen LogP contribution in [0.4, 0.5) is 11.5 Å². The van der Waals surface area contributed by atoms with E-state index in [0.717, 1.165) is 60.6 Å². The highest BCUT2D eigenvalue weighted by Crippen LogP contribution is 2.30. The van der Waals surface area contributed by atoms with Gasteiger partial charge in [-0.1, -0.05) is 42.5 Å². The number of anilines is 2. The van der Waals surface area contributed by atoms with Crippen LogP contribution in [-0.2, 0) is 22.7 Å². The fourth-order valence-electron chi connectivity index (χ4n) is 4.88. The number of fused-ring (bicyclic) bond motifs is 1. The van der Waals surface area contributed by atoms with Gasteiger partial charge >= 0.3 is 0 Å². The number of rotatable bonds is 10. The number of H-pyrrole nitrogens is 1. The zero-order valence-corrected chi connectivity index (χ0v) is 21.3. The van der Waals surface area contributed by atoms with E-state index < -0.39 is 0 Å². The third kappa shape index (κ3) is 6.53. The van der Waals surface area contributed by atoms with Crippen molar-refractivity contribution in [3.8, 4) is 0 Å². The van der Waals surface area contributed by atoms with Crippen molar-refractivity contribution in [1.82, 2.24) is 25.2 Å². The van der Waals surface area contributed by atoms with Crippen molar-refractivity contribution in [1.29, 1.82) is 0 Å². The minimum Gasteiger partial charge on any atom is -0.373 e. The van der Waals surface area contributed by atoms with E-state index in [2.05, 4.69) is 84.7 Å². The molecule has 0 spiro atoms. The Morgan fingerprint density at radius 3 is 2.70 bits per heavy atom. The van der Waals surface area contributed by atoms with Crippen LogP contribution in [0.3, 0.4) is 0 Å². The Hall–Kier alpha value is -3.75. The van der Waals surface area contributed by atoms with Gasteiger partial charge in [0.1, 0.15) is 17.8 Å². The van der Waals surface area contributed by atoms with Crippen LogP contribution in [0.1, 0.15) is 30.9 Å². The van der Waals surface area contributed by atoms with E-state index in [4.69, 9.17) is 4.74 Å². The minimum atomic E-state index is -0.0496. The second-order valence-electron chi connectivity index (χ2n) is 9.51. The number of likely N-dealkylation sites (tertiary alicyclic amines) is 1. The molecule has 0 atom stereocenters. The fourth-order valence-corrected chi connectivity index (χ4v) is 4.88. The Balaban J connectivity index is 1.23. The molecule has 3 heterocycles. The average molecular weight is 499 g/mol. The SMILES string of the molecule is CC(=O)NCCN(c1cccc(COC2CCN(Cc3ccccc3)CC2)c1)c1ncnc2[nH]ccc12. The molecule has 4 aromatic rings. The van der Waals surface area contributed by atoms with Crippen LogP contribution in [-0.4, -0.2) is 58.0 Å². The van der Waals surface area contributed by atoms with Gasteiger partial charge in [0.25, 0.3) is 0 Å². The van der Waals surface area contributed by atoms with E-state index in [1.54, 1.807) is 6.33 Å². The first-order valence-corrected chi connectivity index (χ1v) is 12.9. The summed E-state index contributed by atoms with van der Waals surface area (Å²) in [7, 11) is 0. The molecule has 0 aliphatic carbocycles. The first-order valence-electron chi connectivity index (χ1n) is 12.9. The van der Waals surface area contributed by atoms with Gasteiger partial charge in [-0.15, -0.1) is 0 Å². The highest BCUT2D eigenvalue weighted by molar-refractivity contribution is 5.89. The van der Waals surface area contributed by atoms with Crippen molar-refractivity contribution in [2.45, 2.75) is 39.0 Å². The van der Waals surface area contributed by atoms with Crippen LogP contribution >= 0.6 is 0 Å². The summed E-state index contributed by atoms with van der Waals surface area (Å²) >= 11 is 0. The maximum Gasteiger partial charge on any atom is 0.216 e. The van der Waals surface area contributed by atoms with Gasteiger partial charge in [-0.3, -0.25) is 9.69 Å². The molecule has 8 heteroatoms. The van der Waals surface area contributed by atoms with Gasteiger partial charge in [0.2, 0.25) is 5.91 Å². The van der Waals surface area contributed by atoms with Gasteiger partial charge in [0.15, 0.2) is 0 Å². The maximum atomic E-state index is 11.5. The second kappa shape index (κ2) is 12.0. The first-order chi connectivity index (χ1) is 18.2. The lowest BCUT2D eigenvalue weighted by molar-refractivity contribution is -0.118. The summed E-state index contributed by atoms with van der Waals surface area (Å²) in [6.45, 7) is 6.30. The van der Waals surface area contributed by atoms with Crippen LogP contribution in [0, 0.1) is 0 Å². The summed E-state index contributed by atoms with van der Waals surface area (Å²) in [5, 5.41) is 3.84. The molecule has 2 aromatic carbocycles. The molecule has 1 aliphatic heterocycles. The van der Waals surface area contributed by atoms with Crippen molar-refractivity contribution in [2.75, 3.05) is 31.1 Å². The molecule has 0 radical (unpaired) electrons. The Morgan fingerprint density at radius 2 is 1.89 bits per heavy atom. The molecular weight excluding hydrogens is 464 g/mol. The molecule has 0 unspecified atom stereocenters. The van der Waals surface area contributed by atoms with E-state index in [9.17, 15) is 4.79 Å². The van der Waals surface area contributed by atoms with Gasteiger partial charge in [-0.05, 0) is 42.2 Å².